The fraction of sp³-hybridized carbons (Fsp3) is 0.250. The number of amides is 2. The number of aromatic nitrogens is 2. The number of benzene rings is 1. The number of carbonyl (C=O) groups is 2. The van der Waals surface area contributed by atoms with E-state index in [9.17, 15) is 9.59 Å². The van der Waals surface area contributed by atoms with Gasteiger partial charge in [0.1, 0.15) is 0 Å². The lowest BCUT2D eigenvalue weighted by atomic mass is 10.1. The second-order valence-electron chi connectivity index (χ2n) is 4.97. The van der Waals surface area contributed by atoms with Gasteiger partial charge in [0.25, 0.3) is 11.8 Å². The molecule has 8 heteroatoms. The van der Waals surface area contributed by atoms with E-state index >= 15 is 0 Å². The minimum Gasteiger partial charge on any atom is -0.267 e. The Labute approximate surface area is 149 Å². The normalized spacial score (nSPS) is 10.3. The molecule has 0 fully saturated rings. The number of hydrogen-bond donors (Lipinski definition) is 2. The summed E-state index contributed by atoms with van der Waals surface area (Å²) in [6.07, 6.45) is 2.34. The van der Waals surface area contributed by atoms with Crippen LogP contribution in [0.4, 0.5) is 0 Å². The van der Waals surface area contributed by atoms with Crippen molar-refractivity contribution in [2.24, 2.45) is 0 Å². The lowest BCUT2D eigenvalue weighted by Gasteiger charge is -2.09. The van der Waals surface area contributed by atoms with Crippen LogP contribution in [0.5, 0.6) is 0 Å². The average Bonchev–Trinajstić information content (AvgIpc) is 2.59. The first-order valence-corrected chi connectivity index (χ1v) is 8.70. The molecule has 0 unspecified atom stereocenters. The summed E-state index contributed by atoms with van der Waals surface area (Å²) < 4.78 is 0. The van der Waals surface area contributed by atoms with E-state index in [2.05, 4.69) is 20.8 Å². The van der Waals surface area contributed by atoms with Crippen LogP contribution in [0, 0.1) is 6.92 Å². The smallest absolute Gasteiger partial charge is 0.267 e. The Hall–Kier alpha value is -2.12. The summed E-state index contributed by atoms with van der Waals surface area (Å²) in [5.41, 5.74) is 6.16. The number of halogens is 1. The van der Waals surface area contributed by atoms with Gasteiger partial charge in [0.2, 0.25) is 0 Å². The van der Waals surface area contributed by atoms with Crippen LogP contribution in [-0.4, -0.2) is 27.5 Å². The molecular formula is C16H17ClN4O2S. The zero-order valence-corrected chi connectivity index (χ0v) is 14.9. The quantitative estimate of drug-likeness (QED) is 0.484. The number of nitrogens with zero attached hydrogens (tertiary/aromatic N) is 2. The Morgan fingerprint density at radius 1 is 1.17 bits per heavy atom. The lowest BCUT2D eigenvalue weighted by Crippen LogP contribution is -2.42. The first-order chi connectivity index (χ1) is 11.5. The monoisotopic (exact) mass is 364 g/mol. The molecule has 2 rings (SSSR count). The third-order valence-corrected chi connectivity index (χ3v) is 4.32. The van der Waals surface area contributed by atoms with E-state index in [1.54, 1.807) is 12.1 Å². The minimum absolute atomic E-state index is 0.0227. The van der Waals surface area contributed by atoms with Crippen LogP contribution in [0.1, 0.15) is 39.8 Å². The fourth-order valence-electron chi connectivity index (χ4n) is 1.72. The van der Waals surface area contributed by atoms with Crippen LogP contribution in [0.3, 0.4) is 0 Å². The molecule has 126 valence electrons. The first kappa shape index (κ1) is 18.2. The SMILES string of the molecule is CCCSc1ncc(Cl)c(C(=O)NNC(=O)c2ccc(C)cc2)n1. The Morgan fingerprint density at radius 2 is 1.83 bits per heavy atom. The van der Waals surface area contributed by atoms with Gasteiger partial charge in [-0.3, -0.25) is 20.4 Å². The molecule has 0 aliphatic rings. The maximum atomic E-state index is 12.2. The van der Waals surface area contributed by atoms with Gasteiger partial charge < -0.3 is 0 Å². The van der Waals surface area contributed by atoms with E-state index in [0.717, 1.165) is 17.7 Å². The first-order valence-electron chi connectivity index (χ1n) is 7.34. The third kappa shape index (κ3) is 4.94. The predicted molar refractivity (Wildman–Crippen MR) is 94.2 cm³/mol. The number of carbonyl (C=O) groups excluding carboxylic acids is 2. The van der Waals surface area contributed by atoms with E-state index in [1.807, 2.05) is 26.0 Å². The highest BCUT2D eigenvalue weighted by Crippen LogP contribution is 2.18. The zero-order chi connectivity index (χ0) is 17.5. The molecule has 2 amide bonds. The molecule has 0 spiro atoms. The largest absolute Gasteiger partial charge is 0.289 e. The highest BCUT2D eigenvalue weighted by Gasteiger charge is 2.15. The Morgan fingerprint density at radius 3 is 2.50 bits per heavy atom. The molecule has 0 radical (unpaired) electrons. The summed E-state index contributed by atoms with van der Waals surface area (Å²) >= 11 is 7.40. The molecule has 0 atom stereocenters. The summed E-state index contributed by atoms with van der Waals surface area (Å²) in [5.74, 6) is -0.178. The molecular weight excluding hydrogens is 348 g/mol. The molecule has 0 aliphatic carbocycles. The predicted octanol–water partition coefficient (Wildman–Crippen LogP) is 3.02. The van der Waals surface area contributed by atoms with Crippen molar-refractivity contribution in [1.82, 2.24) is 20.8 Å². The summed E-state index contributed by atoms with van der Waals surface area (Å²) in [4.78, 5) is 32.4. The summed E-state index contributed by atoms with van der Waals surface area (Å²) in [5, 5.41) is 0.592. The number of aryl methyl sites for hydroxylation is 1. The Bertz CT molecular complexity index is 737. The topological polar surface area (TPSA) is 84.0 Å². The van der Waals surface area contributed by atoms with Crippen molar-refractivity contribution in [1.29, 1.82) is 0 Å². The number of rotatable bonds is 5. The van der Waals surface area contributed by atoms with Crippen molar-refractivity contribution in [3.8, 4) is 0 Å². The van der Waals surface area contributed by atoms with Gasteiger partial charge in [0.15, 0.2) is 10.9 Å². The molecule has 0 aliphatic heterocycles. The van der Waals surface area contributed by atoms with Gasteiger partial charge in [0, 0.05) is 11.3 Å². The van der Waals surface area contributed by atoms with Crippen LogP contribution >= 0.6 is 23.4 Å². The van der Waals surface area contributed by atoms with Crippen LogP contribution in [-0.2, 0) is 0 Å². The molecule has 0 bridgehead atoms. The second-order valence-corrected chi connectivity index (χ2v) is 6.44. The molecule has 1 aromatic heterocycles. The van der Waals surface area contributed by atoms with Crippen LogP contribution in [0.25, 0.3) is 0 Å². The summed E-state index contributed by atoms with van der Waals surface area (Å²) in [7, 11) is 0. The number of hydrazine groups is 1. The molecule has 2 N–H and O–H groups in total. The van der Waals surface area contributed by atoms with Crippen LogP contribution < -0.4 is 10.9 Å². The van der Waals surface area contributed by atoms with E-state index in [1.165, 1.54) is 18.0 Å². The molecule has 0 saturated heterocycles. The fourth-order valence-corrected chi connectivity index (χ4v) is 2.57. The van der Waals surface area contributed by atoms with Crippen molar-refractivity contribution in [3.63, 3.8) is 0 Å². The maximum Gasteiger partial charge on any atom is 0.289 e. The Kier molecular flexibility index (Phi) is 6.57. The van der Waals surface area contributed by atoms with Crippen molar-refractivity contribution in [2.45, 2.75) is 25.4 Å². The van der Waals surface area contributed by atoms with Crippen LogP contribution in [0.15, 0.2) is 35.6 Å². The second kappa shape index (κ2) is 8.65. The highest BCUT2D eigenvalue weighted by atomic mass is 35.5. The minimum atomic E-state index is -0.596. The zero-order valence-electron chi connectivity index (χ0n) is 13.3. The Balaban J connectivity index is 2.01. The third-order valence-electron chi connectivity index (χ3n) is 2.98. The average molecular weight is 365 g/mol. The molecule has 6 nitrogen and oxygen atoms in total. The van der Waals surface area contributed by atoms with Gasteiger partial charge in [-0.05, 0) is 25.5 Å². The molecule has 2 aromatic rings. The van der Waals surface area contributed by atoms with Gasteiger partial charge in [-0.2, -0.15) is 0 Å². The van der Waals surface area contributed by atoms with Crippen molar-refractivity contribution in [3.05, 3.63) is 52.3 Å². The number of thioether (sulfide) groups is 1. The van der Waals surface area contributed by atoms with Crippen LogP contribution in [0.2, 0.25) is 5.02 Å². The highest BCUT2D eigenvalue weighted by molar-refractivity contribution is 7.99. The van der Waals surface area contributed by atoms with E-state index in [0.29, 0.717) is 10.7 Å². The summed E-state index contributed by atoms with van der Waals surface area (Å²) in [6.45, 7) is 3.96. The van der Waals surface area contributed by atoms with Gasteiger partial charge >= 0.3 is 0 Å². The van der Waals surface area contributed by atoms with Gasteiger partial charge in [-0.25, -0.2) is 9.97 Å². The van der Waals surface area contributed by atoms with Gasteiger partial charge in [0.05, 0.1) is 11.2 Å². The van der Waals surface area contributed by atoms with Crippen molar-refractivity contribution < 1.29 is 9.59 Å². The van der Waals surface area contributed by atoms with Crippen molar-refractivity contribution in [2.75, 3.05) is 5.75 Å². The molecule has 0 saturated carbocycles. The van der Waals surface area contributed by atoms with E-state index in [4.69, 9.17) is 11.6 Å². The maximum absolute atomic E-state index is 12.2. The molecule has 1 aromatic carbocycles. The number of hydrogen-bond acceptors (Lipinski definition) is 5. The summed E-state index contributed by atoms with van der Waals surface area (Å²) in [6, 6.07) is 6.98. The van der Waals surface area contributed by atoms with Crippen molar-refractivity contribution >= 4 is 35.2 Å². The van der Waals surface area contributed by atoms with Gasteiger partial charge in [-0.15, -0.1) is 0 Å². The van der Waals surface area contributed by atoms with Gasteiger partial charge in [-0.1, -0.05) is 48.0 Å². The number of nitrogens with one attached hydrogen (secondary N) is 2. The lowest BCUT2D eigenvalue weighted by molar-refractivity contribution is 0.0843. The van der Waals surface area contributed by atoms with E-state index in [-0.39, 0.29) is 10.7 Å². The standard InChI is InChI=1S/C16H17ClN4O2S/c1-3-8-24-16-18-9-12(17)13(19-16)15(23)21-20-14(22)11-6-4-10(2)5-7-11/h4-7,9H,3,8H2,1-2H3,(H,20,22)(H,21,23). The van der Waals surface area contributed by atoms with E-state index < -0.39 is 11.8 Å². The molecule has 24 heavy (non-hydrogen) atoms. The molecule has 1 heterocycles.